The molecule has 0 aliphatic rings. The van der Waals surface area contributed by atoms with Gasteiger partial charge in [0.15, 0.2) is 0 Å². The summed E-state index contributed by atoms with van der Waals surface area (Å²) >= 11 is 0. The monoisotopic (exact) mass is 956 g/mol. The zero-order valence-corrected chi connectivity index (χ0v) is 46.0. The van der Waals surface area contributed by atoms with Crippen LogP contribution in [0.25, 0.3) is 0 Å². The zero-order valence-electron chi connectivity index (χ0n) is 46.0. The molecule has 5 nitrogen and oxygen atoms in total. The van der Waals surface area contributed by atoms with Gasteiger partial charge >= 0.3 is 0 Å². The van der Waals surface area contributed by atoms with Crippen molar-refractivity contribution in [2.24, 2.45) is 0 Å². The molecule has 4 N–H and O–H groups in total. The van der Waals surface area contributed by atoms with Crippen molar-refractivity contribution in [3.05, 3.63) is 36.5 Å². The third-order valence-electron chi connectivity index (χ3n) is 14.4. The van der Waals surface area contributed by atoms with Crippen LogP contribution in [0, 0.1) is 0 Å². The Hall–Kier alpha value is -1.43. The zero-order chi connectivity index (χ0) is 49.3. The number of aliphatic hydroxyl groups is 3. The van der Waals surface area contributed by atoms with Gasteiger partial charge in [-0.05, 0) is 77.0 Å². The van der Waals surface area contributed by atoms with E-state index in [1.165, 1.54) is 263 Å². The molecule has 5 heteroatoms. The largest absolute Gasteiger partial charge is 0.394 e. The van der Waals surface area contributed by atoms with Gasteiger partial charge in [0, 0.05) is 6.42 Å². The van der Waals surface area contributed by atoms with Gasteiger partial charge in [-0.3, -0.25) is 4.79 Å². The first-order valence-corrected chi connectivity index (χ1v) is 30.8. The van der Waals surface area contributed by atoms with Crippen LogP contribution in [0.1, 0.15) is 335 Å². The first-order valence-electron chi connectivity index (χ1n) is 30.8. The van der Waals surface area contributed by atoms with Crippen LogP contribution in [-0.2, 0) is 4.79 Å². The second-order valence-electron chi connectivity index (χ2n) is 21.2. The molecule has 0 aromatic carbocycles. The highest BCUT2D eigenvalue weighted by molar-refractivity contribution is 5.76. The van der Waals surface area contributed by atoms with Crippen molar-refractivity contribution < 1.29 is 20.1 Å². The minimum absolute atomic E-state index is 0.154. The summed E-state index contributed by atoms with van der Waals surface area (Å²) in [5.74, 6) is -0.154. The van der Waals surface area contributed by atoms with Crippen molar-refractivity contribution in [1.82, 2.24) is 5.32 Å². The van der Waals surface area contributed by atoms with Crippen LogP contribution in [0.4, 0.5) is 0 Å². The minimum Gasteiger partial charge on any atom is -0.394 e. The second kappa shape index (κ2) is 58.1. The normalized spacial score (nSPS) is 13.4. The molecule has 0 aliphatic carbocycles. The van der Waals surface area contributed by atoms with Gasteiger partial charge in [-0.15, -0.1) is 0 Å². The lowest BCUT2D eigenvalue weighted by atomic mass is 10.0. The number of hydrogen-bond acceptors (Lipinski definition) is 4. The topological polar surface area (TPSA) is 89.8 Å². The maximum atomic E-state index is 12.5. The van der Waals surface area contributed by atoms with Crippen LogP contribution in [0.15, 0.2) is 36.5 Å². The fourth-order valence-corrected chi connectivity index (χ4v) is 9.71. The molecule has 0 spiro atoms. The third-order valence-corrected chi connectivity index (χ3v) is 14.4. The standard InChI is InChI=1S/C63H121NO4/c1-3-5-7-9-11-13-15-17-19-21-23-25-27-29-30-31-32-33-34-36-38-40-42-44-46-48-50-52-54-56-58-62(67)64-60(59-65)63(68)61(66)57-55-53-51-49-47-45-43-41-39-37-35-28-26-24-22-20-18-16-14-12-10-8-6-4-2/h29-30,41,43,49,51,60-61,63,65-66,68H,3-28,31-40,42,44-48,50,52-59H2,1-2H3,(H,64,67)/b30-29-,43-41+,51-49+. The number of unbranched alkanes of at least 4 members (excludes halogenated alkanes) is 43. The molecule has 0 bridgehead atoms. The molecule has 0 fully saturated rings. The molecular weight excluding hydrogens is 835 g/mol. The summed E-state index contributed by atoms with van der Waals surface area (Å²) in [5, 5.41) is 33.8. The van der Waals surface area contributed by atoms with Crippen LogP contribution < -0.4 is 5.32 Å². The van der Waals surface area contributed by atoms with E-state index in [0.717, 1.165) is 44.9 Å². The molecule has 3 atom stereocenters. The van der Waals surface area contributed by atoms with E-state index in [-0.39, 0.29) is 12.5 Å². The van der Waals surface area contributed by atoms with Gasteiger partial charge in [-0.2, -0.15) is 0 Å². The Labute approximate surface area is 425 Å². The number of rotatable bonds is 57. The fraction of sp³-hybridized carbons (Fsp3) is 0.889. The second-order valence-corrected chi connectivity index (χ2v) is 21.2. The Balaban J connectivity index is 3.55. The molecule has 0 radical (unpaired) electrons. The van der Waals surface area contributed by atoms with E-state index in [4.69, 9.17) is 0 Å². The molecule has 0 aromatic rings. The first-order chi connectivity index (χ1) is 33.6. The highest BCUT2D eigenvalue weighted by Crippen LogP contribution is 2.18. The molecular formula is C63H121NO4. The fourth-order valence-electron chi connectivity index (χ4n) is 9.71. The molecule has 0 aliphatic heterocycles. The van der Waals surface area contributed by atoms with Crippen molar-refractivity contribution in [3.8, 4) is 0 Å². The maximum absolute atomic E-state index is 12.5. The summed E-state index contributed by atoms with van der Waals surface area (Å²) in [6, 6.07) is -0.833. The van der Waals surface area contributed by atoms with Crippen molar-refractivity contribution in [1.29, 1.82) is 0 Å². The number of carbonyl (C=O) groups excluding carboxylic acids is 1. The molecule has 0 heterocycles. The van der Waals surface area contributed by atoms with E-state index in [1.54, 1.807) is 0 Å². The van der Waals surface area contributed by atoms with Crippen molar-refractivity contribution >= 4 is 5.91 Å². The lowest BCUT2D eigenvalue weighted by Gasteiger charge is -2.26. The lowest BCUT2D eigenvalue weighted by Crippen LogP contribution is -2.50. The van der Waals surface area contributed by atoms with Gasteiger partial charge in [0.05, 0.1) is 18.8 Å². The summed E-state index contributed by atoms with van der Waals surface area (Å²) in [7, 11) is 0. The Morgan fingerprint density at radius 1 is 0.353 bits per heavy atom. The lowest BCUT2D eigenvalue weighted by molar-refractivity contribution is -0.124. The quantitative estimate of drug-likeness (QED) is 0.0361. The molecule has 3 unspecified atom stereocenters. The average molecular weight is 957 g/mol. The summed E-state index contributed by atoms with van der Waals surface area (Å²) in [4.78, 5) is 12.5. The Morgan fingerprint density at radius 2 is 0.603 bits per heavy atom. The van der Waals surface area contributed by atoms with Gasteiger partial charge in [-0.25, -0.2) is 0 Å². The number of amides is 1. The van der Waals surface area contributed by atoms with Gasteiger partial charge in [0.2, 0.25) is 5.91 Å². The third kappa shape index (κ3) is 52.4. The summed E-state index contributed by atoms with van der Waals surface area (Å²) in [6.45, 7) is 4.21. The molecule has 402 valence electrons. The van der Waals surface area contributed by atoms with E-state index < -0.39 is 18.2 Å². The Morgan fingerprint density at radius 3 is 0.897 bits per heavy atom. The minimum atomic E-state index is -1.17. The van der Waals surface area contributed by atoms with Gasteiger partial charge in [0.25, 0.3) is 0 Å². The number of carbonyl (C=O) groups is 1. The van der Waals surface area contributed by atoms with E-state index in [0.29, 0.717) is 12.8 Å². The molecule has 68 heavy (non-hydrogen) atoms. The number of aliphatic hydroxyl groups excluding tert-OH is 3. The maximum Gasteiger partial charge on any atom is 0.220 e. The predicted octanol–water partition coefficient (Wildman–Crippen LogP) is 19.4. The average Bonchev–Trinajstić information content (AvgIpc) is 3.34. The highest BCUT2D eigenvalue weighted by atomic mass is 16.3. The van der Waals surface area contributed by atoms with E-state index in [2.05, 4.69) is 55.6 Å². The van der Waals surface area contributed by atoms with Crippen molar-refractivity contribution in [2.75, 3.05) is 6.61 Å². The molecule has 0 saturated heterocycles. The van der Waals surface area contributed by atoms with Crippen LogP contribution in [0.3, 0.4) is 0 Å². The summed E-state index contributed by atoms with van der Waals surface area (Å²) < 4.78 is 0. The summed E-state index contributed by atoms with van der Waals surface area (Å²) in [5.41, 5.74) is 0. The highest BCUT2D eigenvalue weighted by Gasteiger charge is 2.26. The van der Waals surface area contributed by atoms with E-state index in [1.807, 2.05) is 0 Å². The number of allylic oxidation sites excluding steroid dienone is 6. The van der Waals surface area contributed by atoms with Crippen LogP contribution in [-0.4, -0.2) is 46.1 Å². The van der Waals surface area contributed by atoms with E-state index >= 15 is 0 Å². The van der Waals surface area contributed by atoms with Crippen LogP contribution in [0.5, 0.6) is 0 Å². The first kappa shape index (κ1) is 66.6. The van der Waals surface area contributed by atoms with Gasteiger partial charge in [0.1, 0.15) is 6.10 Å². The Bertz CT molecular complexity index is 1060. The summed E-state index contributed by atoms with van der Waals surface area (Å²) in [6.07, 6.45) is 76.1. The van der Waals surface area contributed by atoms with Crippen LogP contribution >= 0.6 is 0 Å². The number of nitrogens with one attached hydrogen (secondary N) is 1. The van der Waals surface area contributed by atoms with Crippen molar-refractivity contribution in [3.63, 3.8) is 0 Å². The Kier molecular flexibility index (Phi) is 56.9. The molecule has 0 aromatic heterocycles. The molecule has 1 amide bonds. The SMILES string of the molecule is CCCCCCCCCCCCCC/C=C\CCCCCCCCCCCCCCCCC(=O)NC(CO)C(O)C(O)CCC/C=C/CC/C=C/CCCCCCCCCCCCCCCCC. The number of hydrogen-bond donors (Lipinski definition) is 4. The van der Waals surface area contributed by atoms with Crippen molar-refractivity contribution in [2.45, 2.75) is 353 Å². The van der Waals surface area contributed by atoms with Gasteiger partial charge in [-0.1, -0.05) is 288 Å². The smallest absolute Gasteiger partial charge is 0.220 e. The van der Waals surface area contributed by atoms with Gasteiger partial charge < -0.3 is 20.6 Å². The van der Waals surface area contributed by atoms with Crippen LogP contribution in [0.2, 0.25) is 0 Å². The molecule has 0 rings (SSSR count). The van der Waals surface area contributed by atoms with E-state index in [9.17, 15) is 20.1 Å². The predicted molar refractivity (Wildman–Crippen MR) is 301 cm³/mol. The molecule has 0 saturated carbocycles.